The van der Waals surface area contributed by atoms with E-state index < -0.39 is 16.9 Å². The van der Waals surface area contributed by atoms with Crippen molar-refractivity contribution in [2.24, 2.45) is 0 Å². The molecule has 72 heavy (non-hydrogen) atoms. The minimum absolute atomic E-state index is 0.0000986. The number of aromatic nitrogens is 1. The summed E-state index contributed by atoms with van der Waals surface area (Å²) in [4.78, 5) is 3.20. The van der Waals surface area contributed by atoms with E-state index in [2.05, 4.69) is 60.4 Å². The topological polar surface area (TPSA) is 117 Å². The minimum atomic E-state index is -1.07. The Balaban J connectivity index is 1.41. The summed E-state index contributed by atoms with van der Waals surface area (Å²) in [5.41, 5.74) is 6.33. The first-order chi connectivity index (χ1) is 35.2. The van der Waals surface area contributed by atoms with E-state index in [1.165, 1.54) is 0 Å². The highest BCUT2D eigenvalue weighted by Gasteiger charge is 2.48. The predicted molar refractivity (Wildman–Crippen MR) is 301 cm³/mol. The number of allylic oxidation sites excluding steroid dienone is 9. The number of aromatic hydroxyl groups is 5. The monoisotopic (exact) mass is 959 g/mol. The van der Waals surface area contributed by atoms with Crippen LogP contribution in [-0.4, -0.2) is 30.5 Å². The van der Waals surface area contributed by atoms with Crippen LogP contribution in [0.15, 0.2) is 224 Å². The van der Waals surface area contributed by atoms with Crippen LogP contribution in [0.2, 0.25) is 0 Å². The molecule has 6 nitrogen and oxygen atoms in total. The smallest absolute Gasteiger partial charge is 0.183 e. The second-order valence-electron chi connectivity index (χ2n) is 17.7. The standard InChI is InChI=1S/C65H53NO5S/c1-4-7-11-30-46-40-54-56(65(46,44(6-3)27-8-5-2)45-28-14-10-15-29-45)58(67)52-37-36-42(53-39-43-25-16-17-32-48(43)49-33-19-20-34-50(49)53)26-22-38-66-57-62(71)60(69)55(61(70)64(57)72-63(52)59(54)68)51-35-21-18-31-47(51)41-23-12-9-13-24-41/h4-5,7-40,66-71H,6H2,1-3H3/b7-4-,8-5-,30-11-,37-36?,38-22?,42-26?,44-27+. The second kappa shape index (κ2) is 19.9. The molecule has 7 heteroatoms. The summed E-state index contributed by atoms with van der Waals surface area (Å²) in [6.07, 6.45) is 18.2. The summed E-state index contributed by atoms with van der Waals surface area (Å²) in [6, 6.07) is 53.3. The largest absolute Gasteiger partial charge is 0.507 e. The molecule has 1 unspecified atom stereocenters. The third kappa shape index (κ3) is 7.94. The summed E-state index contributed by atoms with van der Waals surface area (Å²) in [6.45, 7) is 6.03. The lowest BCUT2D eigenvalue weighted by Gasteiger charge is -2.37. The number of benzene rings is 8. The molecule has 354 valence electrons. The SMILES string of the molecule is C/C=C\C=C/C1=Cc2c(c(O)c3ccc(-c4cc5ccccc5c5ccccc45)ccc[nH]c4c(O)c(O)c(-c5ccccc5-c5ccccc5)c(O)c4sc3c2O)C1(/C(=C/C=C\C)CC)c1ccccc1. The lowest BCUT2D eigenvalue weighted by atomic mass is 9.65. The first-order valence-electron chi connectivity index (χ1n) is 24.1. The zero-order valence-corrected chi connectivity index (χ0v) is 41.0. The number of phenolic OH excluding ortho intramolecular Hbond substituents is 5. The molecule has 0 saturated heterocycles. The average molecular weight is 960 g/mol. The number of phenols is 5. The van der Waals surface area contributed by atoms with E-state index in [1.807, 2.05) is 166 Å². The summed E-state index contributed by atoms with van der Waals surface area (Å²) < 4.78 is 0.321. The van der Waals surface area contributed by atoms with Gasteiger partial charge in [0.05, 0.1) is 20.4 Å². The van der Waals surface area contributed by atoms with Gasteiger partial charge in [0, 0.05) is 22.7 Å². The molecule has 0 aliphatic heterocycles. The normalized spacial score (nSPS) is 14.7. The quantitative estimate of drug-likeness (QED) is 0.0373. The molecular weight excluding hydrogens is 907 g/mol. The van der Waals surface area contributed by atoms with Crippen molar-refractivity contribution in [2.75, 3.05) is 0 Å². The third-order valence-electron chi connectivity index (χ3n) is 13.7. The number of hydrogen-bond donors (Lipinski definition) is 6. The van der Waals surface area contributed by atoms with E-state index in [-0.39, 0.29) is 43.1 Å². The number of aromatic amines is 1. The van der Waals surface area contributed by atoms with Gasteiger partial charge < -0.3 is 30.5 Å². The number of nitrogens with one attached hydrogen (secondary N) is 1. The molecule has 0 spiro atoms. The van der Waals surface area contributed by atoms with Crippen molar-refractivity contribution in [1.29, 1.82) is 0 Å². The van der Waals surface area contributed by atoms with Crippen molar-refractivity contribution >= 4 is 59.3 Å². The Labute approximate surface area is 422 Å². The van der Waals surface area contributed by atoms with Crippen LogP contribution in [0.1, 0.15) is 43.9 Å². The van der Waals surface area contributed by atoms with Gasteiger partial charge in [0.15, 0.2) is 11.5 Å². The number of rotatable bonds is 9. The summed E-state index contributed by atoms with van der Waals surface area (Å²) in [7, 11) is 0. The van der Waals surface area contributed by atoms with Crippen LogP contribution in [0.5, 0.6) is 28.7 Å². The van der Waals surface area contributed by atoms with Crippen molar-refractivity contribution in [3.8, 4) is 62.1 Å². The lowest BCUT2D eigenvalue weighted by molar-refractivity contribution is 0.404. The minimum Gasteiger partial charge on any atom is -0.507 e. The van der Waals surface area contributed by atoms with E-state index in [0.29, 0.717) is 28.7 Å². The molecule has 1 aliphatic carbocycles. The summed E-state index contributed by atoms with van der Waals surface area (Å²) >= 11 is 0.988. The van der Waals surface area contributed by atoms with Gasteiger partial charge in [-0.05, 0) is 105 Å². The molecule has 1 aromatic heterocycles. The van der Waals surface area contributed by atoms with Crippen molar-refractivity contribution < 1.29 is 25.5 Å². The van der Waals surface area contributed by atoms with Gasteiger partial charge >= 0.3 is 0 Å². The number of H-pyrrole nitrogens is 1. The van der Waals surface area contributed by atoms with Gasteiger partial charge in [-0.15, -0.1) is 11.3 Å². The van der Waals surface area contributed by atoms with E-state index in [0.717, 1.165) is 66.3 Å². The van der Waals surface area contributed by atoms with Gasteiger partial charge in [-0.1, -0.05) is 201 Å². The Morgan fingerprint density at radius 2 is 1.18 bits per heavy atom. The van der Waals surface area contributed by atoms with Crippen molar-refractivity contribution in [2.45, 2.75) is 32.6 Å². The molecule has 0 radical (unpaired) electrons. The molecule has 1 atom stereocenters. The molecular formula is C65H53NO5S. The van der Waals surface area contributed by atoms with Gasteiger partial charge in [0.1, 0.15) is 22.8 Å². The molecule has 1 heterocycles. The molecule has 0 fully saturated rings. The van der Waals surface area contributed by atoms with Crippen LogP contribution in [-0.2, 0) is 5.41 Å². The Hall–Kier alpha value is -8.78. The molecule has 6 N–H and O–H groups in total. The predicted octanol–water partition coefficient (Wildman–Crippen LogP) is 17.2. The van der Waals surface area contributed by atoms with Crippen LogP contribution >= 0.6 is 11.3 Å². The van der Waals surface area contributed by atoms with Crippen LogP contribution in [0, 0.1) is 0 Å². The van der Waals surface area contributed by atoms with Gasteiger partial charge in [0.25, 0.3) is 0 Å². The highest BCUT2D eigenvalue weighted by molar-refractivity contribution is 7.25. The molecule has 1 aliphatic rings. The van der Waals surface area contributed by atoms with E-state index in [9.17, 15) is 25.5 Å². The van der Waals surface area contributed by atoms with Crippen molar-refractivity contribution in [3.05, 3.63) is 240 Å². The van der Waals surface area contributed by atoms with Gasteiger partial charge in [-0.25, -0.2) is 0 Å². The highest BCUT2D eigenvalue weighted by Crippen LogP contribution is 2.61. The molecule has 10 rings (SSSR count). The van der Waals surface area contributed by atoms with Gasteiger partial charge in [-0.3, -0.25) is 0 Å². The fourth-order valence-corrected chi connectivity index (χ4v) is 11.6. The van der Waals surface area contributed by atoms with Crippen molar-refractivity contribution in [3.63, 3.8) is 0 Å². The van der Waals surface area contributed by atoms with Crippen molar-refractivity contribution in [1.82, 2.24) is 4.98 Å². The molecule has 0 saturated carbocycles. The molecule has 0 bridgehead atoms. The third-order valence-corrected chi connectivity index (χ3v) is 14.9. The van der Waals surface area contributed by atoms with Crippen LogP contribution in [0.25, 0.3) is 81.3 Å². The Bertz CT molecular complexity index is 3870. The van der Waals surface area contributed by atoms with Crippen LogP contribution < -0.4 is 0 Å². The fraction of sp³-hybridized carbons (Fsp3) is 0.0769. The lowest BCUT2D eigenvalue weighted by Crippen LogP contribution is -2.30. The maximum atomic E-state index is 13.5. The first kappa shape index (κ1) is 46.9. The van der Waals surface area contributed by atoms with Gasteiger partial charge in [-0.2, -0.15) is 0 Å². The van der Waals surface area contributed by atoms with Crippen LogP contribution in [0.3, 0.4) is 0 Å². The molecule has 0 amide bonds. The molecule has 8 aromatic carbocycles. The van der Waals surface area contributed by atoms with Crippen LogP contribution in [0.4, 0.5) is 0 Å². The maximum absolute atomic E-state index is 13.5. The second-order valence-corrected chi connectivity index (χ2v) is 18.7. The Kier molecular flexibility index (Phi) is 13.0. The Morgan fingerprint density at radius 1 is 0.542 bits per heavy atom. The summed E-state index contributed by atoms with van der Waals surface area (Å²) in [5, 5.41) is 68.3. The van der Waals surface area contributed by atoms with E-state index in [1.54, 1.807) is 18.3 Å². The zero-order chi connectivity index (χ0) is 49.9. The number of fused-ring (bicyclic) bond motifs is 6. The fourth-order valence-electron chi connectivity index (χ4n) is 10.5. The first-order valence-corrected chi connectivity index (χ1v) is 24.9. The Morgan fingerprint density at radius 3 is 1.92 bits per heavy atom. The molecule has 9 aromatic rings. The summed E-state index contributed by atoms with van der Waals surface area (Å²) in [5.74, 6) is -1.59. The van der Waals surface area contributed by atoms with E-state index >= 15 is 0 Å². The van der Waals surface area contributed by atoms with E-state index in [4.69, 9.17) is 0 Å². The average Bonchev–Trinajstić information content (AvgIpc) is 3.76. The highest BCUT2D eigenvalue weighted by atomic mass is 32.1. The maximum Gasteiger partial charge on any atom is 0.183 e. The number of hydrogen-bond acceptors (Lipinski definition) is 6. The zero-order valence-electron chi connectivity index (χ0n) is 40.1. The van der Waals surface area contributed by atoms with Gasteiger partial charge in [0.2, 0.25) is 0 Å².